The van der Waals surface area contributed by atoms with Crippen LogP contribution >= 0.6 is 11.3 Å². The number of fused-ring (bicyclic) bond motifs is 1. The summed E-state index contributed by atoms with van der Waals surface area (Å²) in [6.45, 7) is 9.97. The lowest BCUT2D eigenvalue weighted by Gasteiger charge is -2.31. The van der Waals surface area contributed by atoms with Gasteiger partial charge in [0.05, 0.1) is 17.0 Å². The number of nitrogens with zero attached hydrogens (tertiary/aromatic N) is 6. The number of aromatic nitrogens is 3. The molecule has 2 saturated heterocycles. The Labute approximate surface area is 261 Å². The molecule has 12 heteroatoms. The first kappa shape index (κ1) is 30.1. The summed E-state index contributed by atoms with van der Waals surface area (Å²) in [5, 5.41) is 14.8. The number of likely N-dealkylation sites (tertiary alicyclic amines) is 2. The summed E-state index contributed by atoms with van der Waals surface area (Å²) in [7, 11) is 2.12. The molecule has 11 nitrogen and oxygen atoms in total. The van der Waals surface area contributed by atoms with E-state index in [1.807, 2.05) is 6.07 Å². The van der Waals surface area contributed by atoms with Crippen molar-refractivity contribution in [3.63, 3.8) is 0 Å². The van der Waals surface area contributed by atoms with E-state index >= 15 is 0 Å². The molecule has 6 rings (SSSR count). The number of amides is 1. The molecule has 0 unspecified atom stereocenters. The molecule has 232 valence electrons. The molecule has 3 aliphatic rings. The van der Waals surface area contributed by atoms with Crippen LogP contribution < -0.4 is 15.2 Å². The Balaban J connectivity index is 1.30. The van der Waals surface area contributed by atoms with Crippen LogP contribution in [0, 0.1) is 11.3 Å². The summed E-state index contributed by atoms with van der Waals surface area (Å²) >= 11 is 1.49. The Morgan fingerprint density at radius 1 is 1.25 bits per heavy atom. The second kappa shape index (κ2) is 12.2. The topological polar surface area (TPSA) is 144 Å². The highest BCUT2D eigenvalue weighted by atomic mass is 32.1. The number of rotatable bonds is 8. The van der Waals surface area contributed by atoms with Gasteiger partial charge in [-0.3, -0.25) is 9.69 Å². The highest BCUT2D eigenvalue weighted by Gasteiger charge is 2.42. The predicted molar refractivity (Wildman–Crippen MR) is 167 cm³/mol. The Bertz CT molecular complexity index is 1590. The van der Waals surface area contributed by atoms with Gasteiger partial charge in [0.15, 0.2) is 11.5 Å². The Morgan fingerprint density at radius 3 is 2.73 bits per heavy atom. The van der Waals surface area contributed by atoms with Crippen LogP contribution in [0.15, 0.2) is 29.3 Å². The number of nitrogens with two attached hydrogens (primary N) is 1. The molecule has 1 amide bonds. The van der Waals surface area contributed by atoms with Gasteiger partial charge in [-0.2, -0.15) is 15.2 Å². The van der Waals surface area contributed by atoms with Crippen molar-refractivity contribution in [2.75, 3.05) is 32.4 Å². The van der Waals surface area contributed by atoms with Crippen molar-refractivity contribution in [2.45, 2.75) is 82.5 Å². The van der Waals surface area contributed by atoms with E-state index in [1.54, 1.807) is 11.0 Å². The first-order valence-electron chi connectivity index (χ1n) is 15.3. The van der Waals surface area contributed by atoms with Gasteiger partial charge >= 0.3 is 0 Å². The van der Waals surface area contributed by atoms with Gasteiger partial charge in [-0.05, 0) is 71.2 Å². The zero-order valence-electron chi connectivity index (χ0n) is 25.5. The molecule has 3 aromatic heterocycles. The number of nitrogen functional groups attached to an aromatic ring is 1. The SMILES string of the molecule is C=CC(=O)N1CCC(Oc2cc(O[C@@H](C)[C@@H]3CCCN3C)nc(-c3cc([C@@]4(C)CCCc5sc(N)c(C#N)c54)on3)n2)CC1. The fourth-order valence-electron chi connectivity index (χ4n) is 6.91. The number of carbonyl (C=O) groups excluding carboxylic acids is 1. The molecule has 2 N–H and O–H groups in total. The van der Waals surface area contributed by atoms with Gasteiger partial charge in [-0.25, -0.2) is 0 Å². The Kier molecular flexibility index (Phi) is 8.35. The molecule has 0 saturated carbocycles. The van der Waals surface area contributed by atoms with Crippen LogP contribution in [0.5, 0.6) is 11.8 Å². The Hall–Kier alpha value is -3.95. The molecule has 3 aromatic rings. The van der Waals surface area contributed by atoms with Gasteiger partial charge in [0.1, 0.15) is 29.0 Å². The van der Waals surface area contributed by atoms with Crippen LogP contribution in [0.3, 0.4) is 0 Å². The molecule has 2 fully saturated rings. The van der Waals surface area contributed by atoms with Crippen LogP contribution in [0.1, 0.15) is 74.1 Å². The number of nitriles is 1. The number of hydrogen-bond donors (Lipinski definition) is 1. The van der Waals surface area contributed by atoms with Gasteiger partial charge in [0.2, 0.25) is 17.7 Å². The number of likely N-dealkylation sites (N-methyl/N-ethyl adjacent to an activating group) is 1. The number of piperidine rings is 1. The molecular formula is C32H39N7O4S. The number of thiophene rings is 1. The zero-order chi connectivity index (χ0) is 31.0. The smallest absolute Gasteiger partial charge is 0.245 e. The molecule has 0 spiro atoms. The fraction of sp³-hybridized carbons (Fsp3) is 0.531. The van der Waals surface area contributed by atoms with Crippen molar-refractivity contribution in [1.82, 2.24) is 24.9 Å². The number of hydrogen-bond acceptors (Lipinski definition) is 11. The van der Waals surface area contributed by atoms with E-state index in [4.69, 9.17) is 29.7 Å². The predicted octanol–water partition coefficient (Wildman–Crippen LogP) is 4.71. The third kappa shape index (κ3) is 5.66. The van der Waals surface area contributed by atoms with E-state index in [1.165, 1.54) is 17.4 Å². The maximum atomic E-state index is 12.0. The molecular weight excluding hydrogens is 578 g/mol. The molecule has 1 aliphatic carbocycles. The van der Waals surface area contributed by atoms with E-state index in [0.29, 0.717) is 65.5 Å². The summed E-state index contributed by atoms with van der Waals surface area (Å²) < 4.78 is 18.7. The van der Waals surface area contributed by atoms with Crippen LogP contribution in [0.25, 0.3) is 11.5 Å². The second-order valence-corrected chi connectivity index (χ2v) is 13.4. The van der Waals surface area contributed by atoms with E-state index < -0.39 is 5.41 Å². The summed E-state index contributed by atoms with van der Waals surface area (Å²) in [5.41, 5.74) is 7.61. The third-order valence-electron chi connectivity index (χ3n) is 9.36. The van der Waals surface area contributed by atoms with Gasteiger partial charge < -0.3 is 24.6 Å². The average Bonchev–Trinajstić information content (AvgIpc) is 3.76. The van der Waals surface area contributed by atoms with E-state index in [9.17, 15) is 10.1 Å². The molecule has 0 aromatic carbocycles. The van der Waals surface area contributed by atoms with Gasteiger partial charge in [0.25, 0.3) is 0 Å². The number of anilines is 1. The fourth-order valence-corrected chi connectivity index (χ4v) is 8.10. The minimum Gasteiger partial charge on any atom is -0.474 e. The summed E-state index contributed by atoms with van der Waals surface area (Å²) in [4.78, 5) is 26.8. The van der Waals surface area contributed by atoms with Crippen molar-refractivity contribution in [2.24, 2.45) is 0 Å². The average molecular weight is 618 g/mol. The Morgan fingerprint density at radius 2 is 2.02 bits per heavy atom. The van der Waals surface area contributed by atoms with Crippen LogP contribution in [-0.2, 0) is 16.6 Å². The normalized spacial score (nSPS) is 23.1. The van der Waals surface area contributed by atoms with Crippen molar-refractivity contribution in [3.8, 4) is 29.3 Å². The zero-order valence-corrected chi connectivity index (χ0v) is 26.4. The lowest BCUT2D eigenvalue weighted by molar-refractivity contribution is -0.127. The standard InChI is InChI=1S/C32H39N7O4S/c1-5-28(40)39-14-10-20(11-15-39)42-27-17-26(41-19(2)23-8-7-13-38(23)4)35-31(36-27)22-16-25(43-37-22)32(3)12-6-9-24-29(32)21(18-33)30(34)44-24/h5,16-17,19-20,23H,1,6-15,34H2,2-4H3/t19-,23-,32+/m0/s1. The first-order chi connectivity index (χ1) is 21.2. The van der Waals surface area contributed by atoms with Crippen LogP contribution in [0.4, 0.5) is 5.00 Å². The molecule has 3 atom stereocenters. The van der Waals surface area contributed by atoms with Gasteiger partial charge in [-0.1, -0.05) is 11.7 Å². The third-order valence-corrected chi connectivity index (χ3v) is 10.4. The van der Waals surface area contributed by atoms with E-state index in [2.05, 4.69) is 43.6 Å². The van der Waals surface area contributed by atoms with Crippen molar-refractivity contribution >= 4 is 22.2 Å². The van der Waals surface area contributed by atoms with Crippen LogP contribution in [-0.4, -0.2) is 75.8 Å². The summed E-state index contributed by atoms with van der Waals surface area (Å²) in [6, 6.07) is 6.20. The van der Waals surface area contributed by atoms with E-state index in [0.717, 1.165) is 49.1 Å². The molecule has 2 aliphatic heterocycles. The lowest BCUT2D eigenvalue weighted by atomic mass is 9.71. The van der Waals surface area contributed by atoms with Crippen LogP contribution in [0.2, 0.25) is 0 Å². The molecule has 0 radical (unpaired) electrons. The second-order valence-electron chi connectivity index (χ2n) is 12.2. The lowest BCUT2D eigenvalue weighted by Crippen LogP contribution is -2.41. The minimum absolute atomic E-state index is 0.0676. The van der Waals surface area contributed by atoms with E-state index in [-0.39, 0.29) is 24.2 Å². The number of ether oxygens (including phenoxy) is 2. The monoisotopic (exact) mass is 617 g/mol. The first-order valence-corrected chi connectivity index (χ1v) is 16.1. The highest BCUT2D eigenvalue weighted by Crippen LogP contribution is 2.49. The maximum Gasteiger partial charge on any atom is 0.245 e. The van der Waals surface area contributed by atoms with Gasteiger partial charge in [0, 0.05) is 42.9 Å². The number of carbonyl (C=O) groups is 1. The highest BCUT2D eigenvalue weighted by molar-refractivity contribution is 7.16. The summed E-state index contributed by atoms with van der Waals surface area (Å²) in [6.07, 6.45) is 7.34. The maximum absolute atomic E-state index is 12.0. The van der Waals surface area contributed by atoms with Gasteiger partial charge in [-0.15, -0.1) is 11.3 Å². The quantitative estimate of drug-likeness (QED) is 0.353. The summed E-state index contributed by atoms with van der Waals surface area (Å²) in [5.74, 6) is 1.70. The van der Waals surface area contributed by atoms with Crippen molar-refractivity contribution in [3.05, 3.63) is 46.6 Å². The minimum atomic E-state index is -0.552. The van der Waals surface area contributed by atoms with Crippen molar-refractivity contribution < 1.29 is 18.8 Å². The van der Waals surface area contributed by atoms with Crippen molar-refractivity contribution in [1.29, 1.82) is 5.26 Å². The molecule has 0 bridgehead atoms. The largest absolute Gasteiger partial charge is 0.474 e. The number of aryl methyl sites for hydroxylation is 1. The molecule has 5 heterocycles. The molecule has 44 heavy (non-hydrogen) atoms.